The third-order valence-corrected chi connectivity index (χ3v) is 18.5. The first-order chi connectivity index (χ1) is 42.0. The third kappa shape index (κ3) is 71.3. The second-order valence-corrected chi connectivity index (χ2v) is 27.0. The van der Waals surface area contributed by atoms with Gasteiger partial charge in [-0.15, -0.1) is 0 Å². The van der Waals surface area contributed by atoms with Gasteiger partial charge in [0.15, 0.2) is 0 Å². The second kappa shape index (κ2) is 74.8. The molecule has 0 saturated carbocycles. The van der Waals surface area contributed by atoms with Crippen molar-refractivity contribution in [2.24, 2.45) is 0 Å². The van der Waals surface area contributed by atoms with Gasteiger partial charge in [-0.3, -0.25) is 9.59 Å². The Morgan fingerprint density at radius 2 is 0.553 bits per heavy atom. The highest BCUT2D eigenvalue weighted by atomic mass is 16.5. The molecule has 2 atom stereocenters. The first kappa shape index (κ1) is 83.3. The van der Waals surface area contributed by atoms with Crippen LogP contribution in [-0.2, 0) is 14.3 Å². The summed E-state index contributed by atoms with van der Waals surface area (Å²) in [6.45, 7) is 5.00. The van der Waals surface area contributed by atoms with Crippen molar-refractivity contribution < 1.29 is 24.5 Å². The lowest BCUT2D eigenvalue weighted by Crippen LogP contribution is -2.45. The number of amides is 1. The van der Waals surface area contributed by atoms with Gasteiger partial charge < -0.3 is 20.3 Å². The van der Waals surface area contributed by atoms with Crippen molar-refractivity contribution in [3.63, 3.8) is 0 Å². The van der Waals surface area contributed by atoms with E-state index in [0.717, 1.165) is 44.9 Å². The molecule has 0 fully saturated rings. The van der Waals surface area contributed by atoms with Gasteiger partial charge in [-0.1, -0.05) is 378 Å². The van der Waals surface area contributed by atoms with E-state index in [1.54, 1.807) is 0 Å². The standard InChI is InChI=1S/C79H153NO5/c1-3-5-7-9-11-13-15-17-19-21-22-33-36-40-43-47-51-55-59-63-67-71-77(82)76(75-81)80-78(83)72-68-64-60-56-52-48-44-41-37-34-31-29-27-25-23-24-26-28-30-32-35-38-42-46-50-54-58-62-66-70-74-85-79(84)73-69-65-61-57-53-49-45-39-20-18-16-14-12-10-8-6-4-2/h18,20,24,26,76-77,81-82H,3-17,19,21-23,25,27-75H2,1-2H3,(H,80,83)/b20-18-,26-24-. The van der Waals surface area contributed by atoms with Crippen LogP contribution >= 0.6 is 0 Å². The summed E-state index contributed by atoms with van der Waals surface area (Å²) >= 11 is 0. The number of aliphatic hydroxyl groups excluding tert-OH is 2. The molecule has 0 rings (SSSR count). The van der Waals surface area contributed by atoms with E-state index in [4.69, 9.17) is 4.74 Å². The van der Waals surface area contributed by atoms with Crippen LogP contribution in [0.5, 0.6) is 0 Å². The minimum absolute atomic E-state index is 0.0148. The quantitative estimate of drug-likeness (QED) is 0.0320. The number of carbonyl (C=O) groups excluding carboxylic acids is 2. The molecule has 0 aromatic carbocycles. The van der Waals surface area contributed by atoms with E-state index in [2.05, 4.69) is 43.5 Å². The van der Waals surface area contributed by atoms with E-state index in [1.165, 1.54) is 366 Å². The van der Waals surface area contributed by atoms with Crippen LogP contribution in [0.25, 0.3) is 0 Å². The van der Waals surface area contributed by atoms with Gasteiger partial charge >= 0.3 is 5.97 Å². The average molecular weight is 1200 g/mol. The number of allylic oxidation sites excluding steroid dienone is 4. The minimum Gasteiger partial charge on any atom is -0.466 e. The Kier molecular flexibility index (Phi) is 73.3. The Bertz CT molecular complexity index is 1330. The van der Waals surface area contributed by atoms with Crippen molar-refractivity contribution in [2.75, 3.05) is 13.2 Å². The fraction of sp³-hybridized carbons (Fsp3) is 0.924. The Morgan fingerprint density at radius 1 is 0.318 bits per heavy atom. The van der Waals surface area contributed by atoms with Gasteiger partial charge in [-0.25, -0.2) is 0 Å². The zero-order chi connectivity index (χ0) is 61.3. The maximum Gasteiger partial charge on any atom is 0.305 e. The molecule has 3 N–H and O–H groups in total. The third-order valence-electron chi connectivity index (χ3n) is 18.5. The van der Waals surface area contributed by atoms with Gasteiger partial charge in [0.2, 0.25) is 5.91 Å². The van der Waals surface area contributed by atoms with Gasteiger partial charge in [0, 0.05) is 12.8 Å². The zero-order valence-electron chi connectivity index (χ0n) is 57.9. The largest absolute Gasteiger partial charge is 0.466 e. The summed E-state index contributed by atoms with van der Waals surface area (Å²) in [6, 6.07) is -0.541. The lowest BCUT2D eigenvalue weighted by atomic mass is 10.0. The van der Waals surface area contributed by atoms with E-state index < -0.39 is 12.1 Å². The van der Waals surface area contributed by atoms with Crippen molar-refractivity contribution in [2.45, 2.75) is 456 Å². The molecule has 504 valence electrons. The Morgan fingerprint density at radius 3 is 0.835 bits per heavy atom. The summed E-state index contributed by atoms with van der Waals surface area (Å²) in [4.78, 5) is 24.7. The van der Waals surface area contributed by atoms with Crippen molar-refractivity contribution in [3.05, 3.63) is 24.3 Å². The van der Waals surface area contributed by atoms with Crippen molar-refractivity contribution in [1.82, 2.24) is 5.32 Å². The Balaban J connectivity index is 3.36. The average Bonchev–Trinajstić information content (AvgIpc) is 3.51. The van der Waals surface area contributed by atoms with Gasteiger partial charge in [0.05, 0.1) is 25.4 Å². The summed E-state index contributed by atoms with van der Waals surface area (Å²) in [5.74, 6) is -0.0135. The van der Waals surface area contributed by atoms with Crippen LogP contribution < -0.4 is 5.32 Å². The lowest BCUT2D eigenvalue weighted by molar-refractivity contribution is -0.143. The van der Waals surface area contributed by atoms with Crippen LogP contribution in [0.4, 0.5) is 0 Å². The molecule has 0 aromatic heterocycles. The first-order valence-electron chi connectivity index (χ1n) is 39.1. The number of unbranched alkanes of at least 4 members (excludes halogenated alkanes) is 59. The van der Waals surface area contributed by atoms with Crippen LogP contribution in [0.3, 0.4) is 0 Å². The number of nitrogens with one attached hydrogen (secondary N) is 1. The topological polar surface area (TPSA) is 95.9 Å². The van der Waals surface area contributed by atoms with E-state index in [1.807, 2.05) is 0 Å². The Hall–Kier alpha value is -1.66. The molecule has 0 spiro atoms. The van der Waals surface area contributed by atoms with Gasteiger partial charge in [-0.05, 0) is 77.0 Å². The van der Waals surface area contributed by atoms with Crippen LogP contribution in [0, 0.1) is 0 Å². The molecule has 0 radical (unpaired) electrons. The lowest BCUT2D eigenvalue weighted by Gasteiger charge is -2.22. The summed E-state index contributed by atoms with van der Waals surface area (Å²) < 4.78 is 5.51. The van der Waals surface area contributed by atoms with E-state index in [0.29, 0.717) is 25.9 Å². The van der Waals surface area contributed by atoms with Gasteiger partial charge in [-0.2, -0.15) is 0 Å². The van der Waals surface area contributed by atoms with E-state index in [-0.39, 0.29) is 18.5 Å². The molecular weight excluding hydrogens is 1040 g/mol. The molecule has 0 heterocycles. The normalized spacial score (nSPS) is 12.6. The fourth-order valence-corrected chi connectivity index (χ4v) is 12.5. The number of carbonyl (C=O) groups is 2. The molecular formula is C79H153NO5. The summed E-state index contributed by atoms with van der Waals surface area (Å²) in [5, 5.41) is 23.4. The highest BCUT2D eigenvalue weighted by Gasteiger charge is 2.20. The number of rotatable bonds is 74. The molecule has 0 saturated heterocycles. The molecule has 6 nitrogen and oxygen atoms in total. The molecule has 1 amide bonds. The number of hydrogen-bond acceptors (Lipinski definition) is 5. The summed E-state index contributed by atoms with van der Waals surface area (Å²) in [5.41, 5.74) is 0. The van der Waals surface area contributed by atoms with E-state index in [9.17, 15) is 19.8 Å². The van der Waals surface area contributed by atoms with Gasteiger partial charge in [0.1, 0.15) is 0 Å². The van der Waals surface area contributed by atoms with Gasteiger partial charge in [0.25, 0.3) is 0 Å². The SMILES string of the molecule is CCCCCCCC/C=C\CCCCCCCCCC(=O)OCCCCCCCCCCCCCC/C=C\CCCCCCCCCCCCCCCCC(=O)NC(CO)C(O)CCCCCCCCCCCCCCCCCCCCCCC. The van der Waals surface area contributed by atoms with Crippen LogP contribution in [0.2, 0.25) is 0 Å². The number of esters is 1. The molecule has 0 aromatic rings. The van der Waals surface area contributed by atoms with Crippen LogP contribution in [-0.4, -0.2) is 47.4 Å². The molecule has 0 aliphatic rings. The van der Waals surface area contributed by atoms with Crippen LogP contribution in [0.15, 0.2) is 24.3 Å². The predicted molar refractivity (Wildman–Crippen MR) is 375 cm³/mol. The second-order valence-electron chi connectivity index (χ2n) is 27.0. The first-order valence-corrected chi connectivity index (χ1v) is 39.1. The molecule has 6 heteroatoms. The van der Waals surface area contributed by atoms with Crippen molar-refractivity contribution in [1.29, 1.82) is 0 Å². The Labute approximate surface area is 532 Å². The smallest absolute Gasteiger partial charge is 0.305 e. The zero-order valence-corrected chi connectivity index (χ0v) is 57.9. The maximum atomic E-state index is 12.6. The number of ether oxygens (including phenoxy) is 1. The van der Waals surface area contributed by atoms with E-state index >= 15 is 0 Å². The molecule has 85 heavy (non-hydrogen) atoms. The highest BCUT2D eigenvalue weighted by Crippen LogP contribution is 2.20. The minimum atomic E-state index is -0.664. The number of aliphatic hydroxyl groups is 2. The monoisotopic (exact) mass is 1200 g/mol. The molecule has 0 aliphatic heterocycles. The summed E-state index contributed by atoms with van der Waals surface area (Å²) in [6.07, 6.45) is 95.4. The summed E-state index contributed by atoms with van der Waals surface area (Å²) in [7, 11) is 0. The van der Waals surface area contributed by atoms with Crippen molar-refractivity contribution >= 4 is 11.9 Å². The highest BCUT2D eigenvalue weighted by molar-refractivity contribution is 5.76. The molecule has 2 unspecified atom stereocenters. The predicted octanol–water partition coefficient (Wildman–Crippen LogP) is 25.7. The number of hydrogen-bond donors (Lipinski definition) is 3. The maximum absolute atomic E-state index is 12.6. The molecule has 0 aliphatic carbocycles. The fourth-order valence-electron chi connectivity index (χ4n) is 12.5. The molecule has 0 bridgehead atoms. The van der Waals surface area contributed by atoms with Crippen LogP contribution in [0.1, 0.15) is 444 Å². The van der Waals surface area contributed by atoms with Crippen molar-refractivity contribution in [3.8, 4) is 0 Å².